The molecule has 1 aliphatic rings. The number of carbonyl (C=O) groups is 1. The van der Waals surface area contributed by atoms with Crippen LogP contribution in [0.25, 0.3) is 11.5 Å². The van der Waals surface area contributed by atoms with Crippen molar-refractivity contribution in [1.82, 2.24) is 25.2 Å². The molecule has 9 nitrogen and oxygen atoms in total. The highest BCUT2D eigenvalue weighted by Gasteiger charge is 2.28. The van der Waals surface area contributed by atoms with Gasteiger partial charge in [-0.15, -0.1) is 5.48 Å². The highest BCUT2D eigenvalue weighted by Crippen LogP contribution is 2.29. The third-order valence-electron chi connectivity index (χ3n) is 5.28. The molecular formula is C23H26FN7O2. The minimum absolute atomic E-state index is 0.110. The zero-order valence-electron chi connectivity index (χ0n) is 18.9. The highest BCUT2D eigenvalue weighted by molar-refractivity contribution is 5.98. The number of benzene rings is 1. The van der Waals surface area contributed by atoms with Crippen LogP contribution in [0.5, 0.6) is 0 Å². The van der Waals surface area contributed by atoms with Crippen LogP contribution < -0.4 is 16.1 Å². The number of hydroxylamine groups is 1. The normalized spacial score (nSPS) is 15.5. The fourth-order valence-corrected chi connectivity index (χ4v) is 3.52. The van der Waals surface area contributed by atoms with Gasteiger partial charge < -0.3 is 15.5 Å². The number of hydrogen-bond acceptors (Lipinski definition) is 7. The van der Waals surface area contributed by atoms with Crippen molar-refractivity contribution in [3.63, 3.8) is 0 Å². The SMILES string of the molecule is CN(C(=O)C(C)(C)C)c1cnc(-c2cc(C3C=CON3)n(Cc3ccccc3F)n2)nc1N. The van der Waals surface area contributed by atoms with E-state index in [1.807, 2.05) is 26.8 Å². The third kappa shape index (κ3) is 4.56. The molecule has 1 aliphatic heterocycles. The summed E-state index contributed by atoms with van der Waals surface area (Å²) in [6.07, 6.45) is 4.87. The molecular weight excluding hydrogens is 425 g/mol. The number of carbonyl (C=O) groups excluding carboxylic acids is 1. The van der Waals surface area contributed by atoms with Gasteiger partial charge in [-0.3, -0.25) is 9.48 Å². The van der Waals surface area contributed by atoms with Crippen molar-refractivity contribution >= 4 is 17.4 Å². The summed E-state index contributed by atoms with van der Waals surface area (Å²) in [4.78, 5) is 28.0. The van der Waals surface area contributed by atoms with Gasteiger partial charge in [-0.25, -0.2) is 14.4 Å². The minimum atomic E-state index is -0.579. The zero-order chi connectivity index (χ0) is 23.8. The van der Waals surface area contributed by atoms with E-state index in [0.29, 0.717) is 22.8 Å². The molecule has 33 heavy (non-hydrogen) atoms. The van der Waals surface area contributed by atoms with Gasteiger partial charge in [0.1, 0.15) is 29.5 Å². The van der Waals surface area contributed by atoms with Gasteiger partial charge in [-0.2, -0.15) is 5.10 Å². The lowest BCUT2D eigenvalue weighted by atomic mass is 9.95. The van der Waals surface area contributed by atoms with Crippen molar-refractivity contribution in [2.75, 3.05) is 17.7 Å². The van der Waals surface area contributed by atoms with Crippen molar-refractivity contribution in [2.45, 2.75) is 33.4 Å². The number of nitrogen functional groups attached to an aromatic ring is 1. The zero-order valence-corrected chi connectivity index (χ0v) is 18.9. The molecule has 0 fully saturated rings. The average Bonchev–Trinajstić information content (AvgIpc) is 3.43. The predicted molar refractivity (Wildman–Crippen MR) is 122 cm³/mol. The third-order valence-corrected chi connectivity index (χ3v) is 5.28. The van der Waals surface area contributed by atoms with E-state index < -0.39 is 5.41 Å². The van der Waals surface area contributed by atoms with Gasteiger partial charge in [0.15, 0.2) is 11.6 Å². The lowest BCUT2D eigenvalue weighted by Crippen LogP contribution is -2.37. The maximum absolute atomic E-state index is 14.3. The van der Waals surface area contributed by atoms with Crippen LogP contribution >= 0.6 is 0 Å². The lowest BCUT2D eigenvalue weighted by molar-refractivity contribution is -0.125. The van der Waals surface area contributed by atoms with Gasteiger partial charge in [0.2, 0.25) is 5.91 Å². The first-order chi connectivity index (χ1) is 15.6. The van der Waals surface area contributed by atoms with Crippen LogP contribution in [0.15, 0.2) is 48.9 Å². The molecule has 1 amide bonds. The molecule has 3 N–H and O–H groups in total. The van der Waals surface area contributed by atoms with E-state index in [1.54, 1.807) is 36.0 Å². The Morgan fingerprint density at radius 1 is 1.33 bits per heavy atom. The van der Waals surface area contributed by atoms with Crippen molar-refractivity contribution in [3.8, 4) is 11.5 Å². The fraction of sp³-hybridized carbons (Fsp3) is 0.304. The molecule has 3 aromatic rings. The maximum Gasteiger partial charge on any atom is 0.232 e. The molecule has 2 aromatic heterocycles. The molecule has 0 spiro atoms. The van der Waals surface area contributed by atoms with E-state index in [1.165, 1.54) is 23.4 Å². The minimum Gasteiger partial charge on any atom is -0.416 e. The Hall–Kier alpha value is -3.79. The monoisotopic (exact) mass is 451 g/mol. The van der Waals surface area contributed by atoms with Gasteiger partial charge in [0.05, 0.1) is 18.4 Å². The number of halogens is 1. The van der Waals surface area contributed by atoms with E-state index in [0.717, 1.165) is 5.69 Å². The number of nitrogens with one attached hydrogen (secondary N) is 1. The maximum atomic E-state index is 14.3. The highest BCUT2D eigenvalue weighted by atomic mass is 19.1. The van der Waals surface area contributed by atoms with Crippen LogP contribution in [-0.4, -0.2) is 32.7 Å². The average molecular weight is 452 g/mol. The number of aromatic nitrogens is 4. The number of hydrogen-bond donors (Lipinski definition) is 2. The Labute approximate surface area is 191 Å². The summed E-state index contributed by atoms with van der Waals surface area (Å²) in [5.41, 5.74) is 10.6. The van der Waals surface area contributed by atoms with Crippen LogP contribution in [0.1, 0.15) is 38.1 Å². The van der Waals surface area contributed by atoms with E-state index in [9.17, 15) is 9.18 Å². The molecule has 0 saturated heterocycles. The Morgan fingerprint density at radius 2 is 2.09 bits per heavy atom. The molecule has 3 heterocycles. The summed E-state index contributed by atoms with van der Waals surface area (Å²) in [6, 6.07) is 8.06. The Morgan fingerprint density at radius 3 is 2.73 bits per heavy atom. The van der Waals surface area contributed by atoms with E-state index in [4.69, 9.17) is 10.6 Å². The second kappa shape index (κ2) is 8.62. The van der Waals surface area contributed by atoms with Crippen LogP contribution in [-0.2, 0) is 16.2 Å². The number of amides is 1. The first kappa shape index (κ1) is 22.4. The predicted octanol–water partition coefficient (Wildman–Crippen LogP) is 3.21. The standard InChI is InChI=1S/C23H26FN7O2/c1-23(2,3)22(32)30(4)19-12-26-21(27-20(19)25)17-11-18(16-9-10-33-29-16)31(28-17)13-14-7-5-6-8-15(14)24/h5-12,16,29H,13H2,1-4H3,(H2,25,26,27). The summed E-state index contributed by atoms with van der Waals surface area (Å²) in [5, 5.41) is 4.61. The first-order valence-electron chi connectivity index (χ1n) is 10.4. The Bertz CT molecular complexity index is 1220. The molecule has 1 unspecified atom stereocenters. The molecule has 0 bridgehead atoms. The largest absolute Gasteiger partial charge is 0.416 e. The second-order valence-corrected chi connectivity index (χ2v) is 8.82. The second-order valence-electron chi connectivity index (χ2n) is 8.82. The molecule has 10 heteroatoms. The van der Waals surface area contributed by atoms with Gasteiger partial charge in [-0.1, -0.05) is 39.0 Å². The molecule has 1 atom stereocenters. The topological polar surface area (TPSA) is 111 Å². The van der Waals surface area contributed by atoms with Gasteiger partial charge >= 0.3 is 0 Å². The summed E-state index contributed by atoms with van der Waals surface area (Å²) < 4.78 is 15.9. The van der Waals surface area contributed by atoms with Gasteiger partial charge in [-0.05, 0) is 18.2 Å². The summed E-state index contributed by atoms with van der Waals surface area (Å²) in [5.74, 6) is 0.0287. The van der Waals surface area contributed by atoms with E-state index in [-0.39, 0.29) is 30.1 Å². The van der Waals surface area contributed by atoms with Crippen LogP contribution in [0, 0.1) is 11.2 Å². The Balaban J connectivity index is 1.69. The van der Waals surface area contributed by atoms with Crippen LogP contribution in [0.4, 0.5) is 15.9 Å². The summed E-state index contributed by atoms with van der Waals surface area (Å²) in [7, 11) is 1.64. The fourth-order valence-electron chi connectivity index (χ4n) is 3.52. The van der Waals surface area contributed by atoms with Gasteiger partial charge in [0, 0.05) is 18.0 Å². The summed E-state index contributed by atoms with van der Waals surface area (Å²) in [6.45, 7) is 5.70. The molecule has 0 radical (unpaired) electrons. The number of rotatable bonds is 5. The first-order valence-corrected chi connectivity index (χ1v) is 10.4. The Kier molecular flexibility index (Phi) is 5.86. The van der Waals surface area contributed by atoms with Crippen molar-refractivity contribution in [1.29, 1.82) is 0 Å². The van der Waals surface area contributed by atoms with Crippen LogP contribution in [0.2, 0.25) is 0 Å². The quantitative estimate of drug-likeness (QED) is 0.613. The van der Waals surface area contributed by atoms with Crippen LogP contribution in [0.3, 0.4) is 0 Å². The molecule has 1 aromatic carbocycles. The van der Waals surface area contributed by atoms with Gasteiger partial charge in [0.25, 0.3) is 0 Å². The lowest BCUT2D eigenvalue weighted by Gasteiger charge is -2.26. The number of nitrogens with zero attached hydrogens (tertiary/aromatic N) is 5. The van der Waals surface area contributed by atoms with E-state index in [2.05, 4.69) is 20.5 Å². The molecule has 4 rings (SSSR count). The van der Waals surface area contributed by atoms with Crippen molar-refractivity contribution < 1.29 is 14.0 Å². The molecule has 0 saturated carbocycles. The molecule has 172 valence electrons. The smallest absolute Gasteiger partial charge is 0.232 e. The number of anilines is 2. The van der Waals surface area contributed by atoms with Crippen molar-refractivity contribution in [3.05, 3.63) is 65.9 Å². The van der Waals surface area contributed by atoms with E-state index >= 15 is 0 Å². The van der Waals surface area contributed by atoms with Crippen molar-refractivity contribution in [2.24, 2.45) is 5.41 Å². The summed E-state index contributed by atoms with van der Waals surface area (Å²) >= 11 is 0. The number of nitrogens with two attached hydrogens (primary N) is 1. The molecule has 0 aliphatic carbocycles.